The van der Waals surface area contributed by atoms with E-state index in [0.29, 0.717) is 12.0 Å². The highest BCUT2D eigenvalue weighted by Gasteiger charge is 2.14. The minimum absolute atomic E-state index is 0.442. The summed E-state index contributed by atoms with van der Waals surface area (Å²) in [4.78, 5) is 0. The van der Waals surface area contributed by atoms with Crippen LogP contribution in [-0.2, 0) is 6.61 Å². The zero-order valence-electron chi connectivity index (χ0n) is 14.6. The van der Waals surface area contributed by atoms with Crippen LogP contribution in [0.2, 0.25) is 0 Å². The van der Waals surface area contributed by atoms with Crippen molar-refractivity contribution in [2.75, 3.05) is 12.4 Å². The molecule has 3 nitrogen and oxygen atoms in total. The molecule has 0 bridgehead atoms. The molecule has 1 aliphatic rings. The Morgan fingerprint density at radius 3 is 2.67 bits per heavy atom. The second kappa shape index (κ2) is 7.22. The van der Waals surface area contributed by atoms with Crippen LogP contribution in [0.15, 0.2) is 41.8 Å². The van der Waals surface area contributed by atoms with Crippen molar-refractivity contribution in [3.05, 3.63) is 64.1 Å². The zero-order chi connectivity index (χ0) is 17.1. The number of rotatable bonds is 5. The molecule has 0 fully saturated rings. The molecule has 0 spiro atoms. The van der Waals surface area contributed by atoms with Crippen molar-refractivity contribution in [1.82, 2.24) is 5.32 Å². The summed E-state index contributed by atoms with van der Waals surface area (Å²) in [7, 11) is 1.94. The van der Waals surface area contributed by atoms with Crippen LogP contribution in [0.5, 0.6) is 5.75 Å². The maximum absolute atomic E-state index is 6.10. The van der Waals surface area contributed by atoms with E-state index in [1.165, 1.54) is 22.4 Å². The number of hydrogen-bond donors (Lipinski definition) is 2. The first-order valence-electron chi connectivity index (χ1n) is 8.20. The number of aryl methyl sites for hydroxylation is 2. The third-order valence-corrected chi connectivity index (χ3v) is 5.18. The molecule has 1 unspecified atom stereocenters. The van der Waals surface area contributed by atoms with Gasteiger partial charge in [-0.3, -0.25) is 0 Å². The summed E-state index contributed by atoms with van der Waals surface area (Å²) in [6, 6.07) is 12.6. The molecule has 2 N–H and O–H groups in total. The summed E-state index contributed by atoms with van der Waals surface area (Å²) in [6.45, 7) is 6.95. The van der Waals surface area contributed by atoms with Gasteiger partial charge in [0.1, 0.15) is 12.4 Å². The molecule has 0 saturated heterocycles. The van der Waals surface area contributed by atoms with Crippen molar-refractivity contribution in [1.29, 1.82) is 0 Å². The fourth-order valence-electron chi connectivity index (χ4n) is 2.87. The molecule has 0 amide bonds. The molecule has 1 atom stereocenters. The SMILES string of the molecule is CNc1cccc(C)c1COc1ccc(C2=CSC(C)N2)cc1C. The Morgan fingerprint density at radius 1 is 1.17 bits per heavy atom. The zero-order valence-corrected chi connectivity index (χ0v) is 15.5. The van der Waals surface area contributed by atoms with Gasteiger partial charge >= 0.3 is 0 Å². The van der Waals surface area contributed by atoms with Gasteiger partial charge in [0.2, 0.25) is 0 Å². The lowest BCUT2D eigenvalue weighted by Gasteiger charge is -2.15. The fourth-order valence-corrected chi connectivity index (χ4v) is 3.60. The number of ether oxygens (including phenoxy) is 1. The van der Waals surface area contributed by atoms with Crippen molar-refractivity contribution in [3.8, 4) is 5.75 Å². The standard InChI is InChI=1S/C20H24N2OS/c1-13-6-5-7-18(21-4)17(13)11-23-20-9-8-16(10-14(20)2)19-12-24-15(3)22-19/h5-10,12,15,21-22H,11H2,1-4H3. The van der Waals surface area contributed by atoms with Gasteiger partial charge in [-0.05, 0) is 67.1 Å². The summed E-state index contributed by atoms with van der Waals surface area (Å²) in [5.41, 5.74) is 7.12. The number of thioether (sulfide) groups is 1. The van der Waals surface area contributed by atoms with Crippen LogP contribution in [0.1, 0.15) is 29.2 Å². The molecule has 2 aromatic carbocycles. The van der Waals surface area contributed by atoms with Crippen LogP contribution in [0.25, 0.3) is 5.70 Å². The van der Waals surface area contributed by atoms with E-state index in [4.69, 9.17) is 4.74 Å². The van der Waals surface area contributed by atoms with Gasteiger partial charge in [-0.1, -0.05) is 12.1 Å². The van der Waals surface area contributed by atoms with Crippen LogP contribution in [0.3, 0.4) is 0 Å². The normalized spacial score (nSPS) is 16.5. The average molecular weight is 340 g/mol. The van der Waals surface area contributed by atoms with E-state index in [1.807, 2.05) is 18.8 Å². The molecule has 24 heavy (non-hydrogen) atoms. The number of anilines is 1. The Morgan fingerprint density at radius 2 is 2.00 bits per heavy atom. The summed E-state index contributed by atoms with van der Waals surface area (Å²) in [5.74, 6) is 0.934. The highest BCUT2D eigenvalue weighted by molar-refractivity contribution is 8.03. The molecule has 1 aliphatic heterocycles. The first-order valence-corrected chi connectivity index (χ1v) is 9.15. The molecule has 1 heterocycles. The predicted octanol–water partition coefficient (Wildman–Crippen LogP) is 4.90. The lowest BCUT2D eigenvalue weighted by atomic mass is 10.1. The first kappa shape index (κ1) is 16.8. The largest absolute Gasteiger partial charge is 0.489 e. The summed E-state index contributed by atoms with van der Waals surface area (Å²) in [6.07, 6.45) is 0. The van der Waals surface area contributed by atoms with E-state index >= 15 is 0 Å². The van der Waals surface area contributed by atoms with Gasteiger partial charge in [-0.25, -0.2) is 0 Å². The van der Waals surface area contributed by atoms with Gasteiger partial charge in [0, 0.05) is 24.0 Å². The minimum atomic E-state index is 0.442. The lowest BCUT2D eigenvalue weighted by molar-refractivity contribution is 0.304. The van der Waals surface area contributed by atoms with Crippen molar-refractivity contribution < 1.29 is 4.74 Å². The molecule has 126 valence electrons. The Bertz CT molecular complexity index is 770. The highest BCUT2D eigenvalue weighted by atomic mass is 32.2. The van der Waals surface area contributed by atoms with Crippen LogP contribution >= 0.6 is 11.8 Å². The van der Waals surface area contributed by atoms with Crippen molar-refractivity contribution in [3.63, 3.8) is 0 Å². The van der Waals surface area contributed by atoms with Crippen LogP contribution in [0, 0.1) is 13.8 Å². The number of nitrogens with one attached hydrogen (secondary N) is 2. The second-order valence-corrected chi connectivity index (χ2v) is 7.29. The van der Waals surface area contributed by atoms with Gasteiger partial charge in [0.25, 0.3) is 0 Å². The van der Waals surface area contributed by atoms with E-state index < -0.39 is 0 Å². The molecule has 0 saturated carbocycles. The maximum Gasteiger partial charge on any atom is 0.122 e. The quantitative estimate of drug-likeness (QED) is 0.811. The van der Waals surface area contributed by atoms with Gasteiger partial charge in [-0.15, -0.1) is 11.8 Å². The van der Waals surface area contributed by atoms with Crippen LogP contribution in [-0.4, -0.2) is 12.4 Å². The molecule has 0 aromatic heterocycles. The van der Waals surface area contributed by atoms with Crippen LogP contribution < -0.4 is 15.4 Å². The third-order valence-electron chi connectivity index (χ3n) is 4.29. The Hall–Kier alpha value is -2.07. The van der Waals surface area contributed by atoms with E-state index in [2.05, 4.69) is 73.2 Å². The summed E-state index contributed by atoms with van der Waals surface area (Å²) < 4.78 is 6.10. The number of hydrogen-bond acceptors (Lipinski definition) is 4. The molecule has 2 aromatic rings. The van der Waals surface area contributed by atoms with Crippen molar-refractivity contribution in [2.24, 2.45) is 0 Å². The van der Waals surface area contributed by atoms with Gasteiger partial charge in [0.15, 0.2) is 0 Å². The maximum atomic E-state index is 6.10. The van der Waals surface area contributed by atoms with Crippen molar-refractivity contribution >= 4 is 23.1 Å². The minimum Gasteiger partial charge on any atom is -0.489 e. The van der Waals surface area contributed by atoms with E-state index in [9.17, 15) is 0 Å². The molecular formula is C20H24N2OS. The lowest BCUT2D eigenvalue weighted by Crippen LogP contribution is -2.15. The Balaban J connectivity index is 1.75. The highest BCUT2D eigenvalue weighted by Crippen LogP contribution is 2.30. The van der Waals surface area contributed by atoms with Gasteiger partial charge in [-0.2, -0.15) is 0 Å². The second-order valence-electron chi connectivity index (χ2n) is 6.07. The average Bonchev–Trinajstić information content (AvgIpc) is 3.01. The van der Waals surface area contributed by atoms with E-state index in [1.54, 1.807) is 0 Å². The molecular weight excluding hydrogens is 316 g/mol. The predicted molar refractivity (Wildman–Crippen MR) is 104 cm³/mol. The summed E-state index contributed by atoms with van der Waals surface area (Å²) >= 11 is 1.81. The van der Waals surface area contributed by atoms with Crippen LogP contribution in [0.4, 0.5) is 5.69 Å². The first-order chi connectivity index (χ1) is 11.6. The molecule has 0 aliphatic carbocycles. The Kier molecular flexibility index (Phi) is 5.05. The van der Waals surface area contributed by atoms with Crippen molar-refractivity contribution in [2.45, 2.75) is 32.8 Å². The van der Waals surface area contributed by atoms with E-state index in [-0.39, 0.29) is 0 Å². The fraction of sp³-hybridized carbons (Fsp3) is 0.300. The summed E-state index contributed by atoms with van der Waals surface area (Å²) in [5, 5.41) is 9.34. The van der Waals surface area contributed by atoms with Gasteiger partial charge < -0.3 is 15.4 Å². The topological polar surface area (TPSA) is 33.3 Å². The Labute approximate surface area is 148 Å². The molecule has 3 rings (SSSR count). The van der Waals surface area contributed by atoms with Gasteiger partial charge in [0.05, 0.1) is 5.37 Å². The smallest absolute Gasteiger partial charge is 0.122 e. The monoisotopic (exact) mass is 340 g/mol. The number of benzene rings is 2. The third kappa shape index (κ3) is 3.54. The molecule has 0 radical (unpaired) electrons. The van der Waals surface area contributed by atoms with E-state index in [0.717, 1.165) is 17.0 Å². The molecule has 4 heteroatoms.